The van der Waals surface area contributed by atoms with Gasteiger partial charge in [0.25, 0.3) is 0 Å². The maximum absolute atomic E-state index is 12.7. The van der Waals surface area contributed by atoms with Gasteiger partial charge in [0.2, 0.25) is 11.8 Å². The summed E-state index contributed by atoms with van der Waals surface area (Å²) in [6.07, 6.45) is 4.60. The average Bonchev–Trinajstić information content (AvgIpc) is 3.44. The molecule has 0 aromatic heterocycles. The Morgan fingerprint density at radius 3 is 2.75 bits per heavy atom. The molecule has 2 amide bonds. The zero-order valence-electron chi connectivity index (χ0n) is 14.1. The molecular formula is C19H25ClN2O2. The fraction of sp³-hybridized carbons (Fsp3) is 0.579. The largest absolute Gasteiger partial charge is 0.349 e. The summed E-state index contributed by atoms with van der Waals surface area (Å²) in [5, 5.41) is 3.83. The number of nitrogens with zero attached hydrogens (tertiary/aromatic N) is 1. The number of amides is 2. The summed E-state index contributed by atoms with van der Waals surface area (Å²) in [7, 11) is 0. The lowest BCUT2D eigenvalue weighted by atomic mass is 9.95. The molecule has 3 rings (SSSR count). The Bertz CT molecular complexity index is 615. The third-order valence-electron chi connectivity index (χ3n) is 5.01. The molecule has 0 radical (unpaired) electrons. The van der Waals surface area contributed by atoms with Gasteiger partial charge in [-0.3, -0.25) is 9.59 Å². The van der Waals surface area contributed by atoms with Gasteiger partial charge < -0.3 is 10.2 Å². The van der Waals surface area contributed by atoms with Crippen molar-refractivity contribution < 1.29 is 9.59 Å². The molecule has 24 heavy (non-hydrogen) atoms. The fourth-order valence-electron chi connectivity index (χ4n) is 3.41. The summed E-state index contributed by atoms with van der Waals surface area (Å²) in [4.78, 5) is 26.8. The van der Waals surface area contributed by atoms with Crippen LogP contribution in [0, 0.1) is 11.8 Å². The van der Waals surface area contributed by atoms with Gasteiger partial charge in [-0.1, -0.05) is 30.7 Å². The standard InChI is InChI=1S/C19H25ClN2O2/c1-2-17(14-5-3-7-16(20)11-14)21-18(23)15-6-4-10-22(12-15)19(24)13-8-9-13/h3,5,7,11,13,15,17H,2,4,6,8-10,12H2,1H3,(H,21,23). The van der Waals surface area contributed by atoms with Crippen molar-refractivity contribution in [2.75, 3.05) is 13.1 Å². The molecule has 1 heterocycles. The van der Waals surface area contributed by atoms with Crippen LogP contribution in [0.25, 0.3) is 0 Å². The molecule has 1 N–H and O–H groups in total. The Morgan fingerprint density at radius 2 is 2.08 bits per heavy atom. The molecule has 1 saturated heterocycles. The molecule has 1 aliphatic heterocycles. The van der Waals surface area contributed by atoms with Crippen molar-refractivity contribution in [1.82, 2.24) is 10.2 Å². The second-order valence-electron chi connectivity index (χ2n) is 6.92. The van der Waals surface area contributed by atoms with Crippen molar-refractivity contribution in [3.63, 3.8) is 0 Å². The molecule has 0 spiro atoms. The molecule has 1 aromatic carbocycles. The van der Waals surface area contributed by atoms with Gasteiger partial charge in [-0.05, 0) is 49.8 Å². The summed E-state index contributed by atoms with van der Waals surface area (Å²) in [5.74, 6) is 0.417. The van der Waals surface area contributed by atoms with Crippen LogP contribution in [0.5, 0.6) is 0 Å². The zero-order chi connectivity index (χ0) is 17.1. The Kier molecular flexibility index (Phi) is 5.44. The van der Waals surface area contributed by atoms with Gasteiger partial charge >= 0.3 is 0 Å². The van der Waals surface area contributed by atoms with Crippen LogP contribution in [0.3, 0.4) is 0 Å². The third-order valence-corrected chi connectivity index (χ3v) is 5.24. The molecule has 4 nitrogen and oxygen atoms in total. The van der Waals surface area contributed by atoms with Crippen LogP contribution < -0.4 is 5.32 Å². The number of benzene rings is 1. The lowest BCUT2D eigenvalue weighted by Gasteiger charge is -2.33. The van der Waals surface area contributed by atoms with Gasteiger partial charge in [0.05, 0.1) is 12.0 Å². The van der Waals surface area contributed by atoms with E-state index in [1.54, 1.807) is 0 Å². The number of likely N-dealkylation sites (tertiary alicyclic amines) is 1. The van der Waals surface area contributed by atoms with Crippen molar-refractivity contribution in [2.24, 2.45) is 11.8 Å². The summed E-state index contributed by atoms with van der Waals surface area (Å²) < 4.78 is 0. The molecule has 0 bridgehead atoms. The molecule has 1 aromatic rings. The van der Waals surface area contributed by atoms with Gasteiger partial charge in [0.15, 0.2) is 0 Å². The second kappa shape index (κ2) is 7.56. The van der Waals surface area contributed by atoms with Crippen molar-refractivity contribution >= 4 is 23.4 Å². The van der Waals surface area contributed by atoms with Gasteiger partial charge in [0.1, 0.15) is 0 Å². The second-order valence-corrected chi connectivity index (χ2v) is 7.36. The predicted octanol–water partition coefficient (Wildman–Crippen LogP) is 3.56. The number of nitrogens with one attached hydrogen (secondary N) is 1. The summed E-state index contributed by atoms with van der Waals surface area (Å²) in [6.45, 7) is 3.41. The van der Waals surface area contributed by atoms with Gasteiger partial charge in [0, 0.05) is 24.0 Å². The van der Waals surface area contributed by atoms with Crippen LogP contribution in [-0.4, -0.2) is 29.8 Å². The fourth-order valence-corrected chi connectivity index (χ4v) is 3.61. The van der Waals surface area contributed by atoms with E-state index in [1.807, 2.05) is 29.2 Å². The highest BCUT2D eigenvalue weighted by molar-refractivity contribution is 6.30. The summed E-state index contributed by atoms with van der Waals surface area (Å²) in [5.41, 5.74) is 1.03. The first-order valence-corrected chi connectivity index (χ1v) is 9.31. The van der Waals surface area contributed by atoms with Crippen molar-refractivity contribution in [3.8, 4) is 0 Å². The van der Waals surface area contributed by atoms with Crippen LogP contribution in [0.4, 0.5) is 0 Å². The van der Waals surface area contributed by atoms with E-state index in [0.717, 1.165) is 44.2 Å². The molecular weight excluding hydrogens is 324 g/mol. The molecule has 5 heteroatoms. The van der Waals surface area contributed by atoms with Crippen LogP contribution in [-0.2, 0) is 9.59 Å². The minimum absolute atomic E-state index is 0.0364. The maximum Gasteiger partial charge on any atom is 0.225 e. The van der Waals surface area contributed by atoms with Crippen LogP contribution in [0.1, 0.15) is 50.6 Å². The molecule has 1 aliphatic carbocycles. The van der Waals surface area contributed by atoms with Gasteiger partial charge in [-0.15, -0.1) is 0 Å². The van der Waals surface area contributed by atoms with Gasteiger partial charge in [-0.25, -0.2) is 0 Å². The number of halogens is 1. The van der Waals surface area contributed by atoms with E-state index in [1.165, 1.54) is 0 Å². The van der Waals surface area contributed by atoms with Crippen LogP contribution >= 0.6 is 11.6 Å². The molecule has 2 aliphatic rings. The van der Waals surface area contributed by atoms with E-state index in [9.17, 15) is 9.59 Å². The Morgan fingerprint density at radius 1 is 1.29 bits per heavy atom. The van der Waals surface area contributed by atoms with E-state index in [4.69, 9.17) is 11.6 Å². The number of carbonyl (C=O) groups is 2. The highest BCUT2D eigenvalue weighted by Gasteiger charge is 2.36. The first-order chi connectivity index (χ1) is 11.6. The zero-order valence-corrected chi connectivity index (χ0v) is 14.9. The van der Waals surface area contributed by atoms with Crippen LogP contribution in [0.15, 0.2) is 24.3 Å². The molecule has 2 fully saturated rings. The minimum atomic E-state index is -0.102. The number of rotatable bonds is 5. The van der Waals surface area contributed by atoms with Crippen molar-refractivity contribution in [1.29, 1.82) is 0 Å². The SMILES string of the molecule is CCC(NC(=O)C1CCCN(C(=O)C2CC2)C1)c1cccc(Cl)c1. The van der Waals surface area contributed by atoms with Crippen molar-refractivity contribution in [2.45, 2.75) is 45.1 Å². The number of hydrogen-bond donors (Lipinski definition) is 1. The smallest absolute Gasteiger partial charge is 0.225 e. The minimum Gasteiger partial charge on any atom is -0.349 e. The first-order valence-electron chi connectivity index (χ1n) is 8.93. The highest BCUT2D eigenvalue weighted by atomic mass is 35.5. The van der Waals surface area contributed by atoms with E-state index >= 15 is 0 Å². The van der Waals surface area contributed by atoms with Crippen LogP contribution in [0.2, 0.25) is 5.02 Å². The number of carbonyl (C=O) groups excluding carboxylic acids is 2. The number of hydrogen-bond acceptors (Lipinski definition) is 2. The topological polar surface area (TPSA) is 49.4 Å². The van der Waals surface area contributed by atoms with E-state index in [0.29, 0.717) is 11.6 Å². The summed E-state index contributed by atoms with van der Waals surface area (Å²) >= 11 is 6.06. The van der Waals surface area contributed by atoms with E-state index in [2.05, 4.69) is 12.2 Å². The average molecular weight is 349 g/mol. The molecule has 2 unspecified atom stereocenters. The normalized spacial score (nSPS) is 22.1. The summed E-state index contributed by atoms with van der Waals surface area (Å²) in [6, 6.07) is 7.60. The lowest BCUT2D eigenvalue weighted by molar-refractivity contribution is -0.137. The Balaban J connectivity index is 1.61. The van der Waals surface area contributed by atoms with Crippen molar-refractivity contribution in [3.05, 3.63) is 34.9 Å². The maximum atomic E-state index is 12.7. The first kappa shape index (κ1) is 17.3. The lowest BCUT2D eigenvalue weighted by Crippen LogP contribution is -2.46. The van der Waals surface area contributed by atoms with Gasteiger partial charge in [-0.2, -0.15) is 0 Å². The molecule has 2 atom stereocenters. The van der Waals surface area contributed by atoms with E-state index < -0.39 is 0 Å². The third kappa shape index (κ3) is 4.10. The Hall–Kier alpha value is -1.55. The van der Waals surface area contributed by atoms with E-state index in [-0.39, 0.29) is 29.7 Å². The highest BCUT2D eigenvalue weighted by Crippen LogP contribution is 2.32. The predicted molar refractivity (Wildman–Crippen MR) is 94.7 cm³/mol. The molecule has 1 saturated carbocycles. The Labute approximate surface area is 148 Å². The monoisotopic (exact) mass is 348 g/mol. The quantitative estimate of drug-likeness (QED) is 0.884. The number of piperidine rings is 1. The molecule has 130 valence electrons.